The molecule has 0 aromatic heterocycles. The van der Waals surface area contributed by atoms with E-state index in [4.69, 9.17) is 4.74 Å². The first-order chi connectivity index (χ1) is 10.3. The van der Waals surface area contributed by atoms with E-state index in [0.29, 0.717) is 6.61 Å². The molecule has 2 aromatic rings. The smallest absolute Gasteiger partial charge is 0.331 e. The van der Waals surface area contributed by atoms with Crippen LogP contribution in [-0.4, -0.2) is 12.6 Å². The predicted octanol–water partition coefficient (Wildman–Crippen LogP) is 4.29. The van der Waals surface area contributed by atoms with Crippen molar-refractivity contribution in [2.75, 3.05) is 6.61 Å². The maximum absolute atomic E-state index is 11.9. The molecule has 1 aliphatic rings. The number of ether oxygens (including phenoxy) is 1. The molecule has 0 radical (unpaired) electrons. The number of benzene rings is 2. The molecule has 0 aliphatic carbocycles. The van der Waals surface area contributed by atoms with Crippen molar-refractivity contribution in [3.63, 3.8) is 0 Å². The Morgan fingerprint density at radius 1 is 1.14 bits per heavy atom. The Morgan fingerprint density at radius 3 is 2.67 bits per heavy atom. The van der Waals surface area contributed by atoms with Crippen molar-refractivity contribution in [2.24, 2.45) is 0 Å². The summed E-state index contributed by atoms with van der Waals surface area (Å²) in [6.45, 7) is 2.21. The van der Waals surface area contributed by atoms with E-state index in [9.17, 15) is 4.79 Å². The monoisotopic (exact) mass is 296 g/mol. The minimum atomic E-state index is -0.288. The Hall–Kier alpha value is -2.00. The second-order valence-corrected chi connectivity index (χ2v) is 5.77. The number of carbonyl (C=O) groups excluding carboxylic acids is 1. The van der Waals surface area contributed by atoms with Crippen molar-refractivity contribution in [3.8, 4) is 0 Å². The van der Waals surface area contributed by atoms with E-state index in [1.165, 1.54) is 10.5 Å². The van der Waals surface area contributed by atoms with Gasteiger partial charge in [-0.05, 0) is 35.3 Å². The first kappa shape index (κ1) is 14.0. The molecule has 2 nitrogen and oxygen atoms in total. The Bertz CT molecular complexity index is 654. The highest BCUT2D eigenvalue weighted by atomic mass is 32.2. The van der Waals surface area contributed by atoms with Gasteiger partial charge in [-0.3, -0.25) is 0 Å². The molecule has 0 spiro atoms. The Morgan fingerprint density at radius 2 is 1.86 bits per heavy atom. The zero-order valence-electron chi connectivity index (χ0n) is 11.8. The SMILES string of the molecule is CCOC(=O)C=C1c2ccccc2CSc2ccccc21. The van der Waals surface area contributed by atoms with Crippen LogP contribution in [0.1, 0.15) is 23.6 Å². The van der Waals surface area contributed by atoms with Crippen molar-refractivity contribution < 1.29 is 9.53 Å². The van der Waals surface area contributed by atoms with E-state index in [0.717, 1.165) is 22.5 Å². The summed E-state index contributed by atoms with van der Waals surface area (Å²) < 4.78 is 5.09. The average Bonchev–Trinajstić information content (AvgIpc) is 2.66. The summed E-state index contributed by atoms with van der Waals surface area (Å²) in [4.78, 5) is 13.1. The van der Waals surface area contributed by atoms with Gasteiger partial charge in [0.05, 0.1) is 6.61 Å². The molecular formula is C18H16O2S. The largest absolute Gasteiger partial charge is 0.463 e. The molecule has 0 atom stereocenters. The molecule has 0 saturated heterocycles. The fourth-order valence-electron chi connectivity index (χ4n) is 2.48. The second-order valence-electron chi connectivity index (χ2n) is 4.75. The number of carbonyl (C=O) groups is 1. The Labute approximate surface area is 128 Å². The van der Waals surface area contributed by atoms with Gasteiger partial charge in [-0.1, -0.05) is 42.5 Å². The molecule has 1 aliphatic heterocycles. The van der Waals surface area contributed by atoms with E-state index in [1.54, 1.807) is 17.8 Å². The standard InChI is InChI=1S/C18H16O2S/c1-2-20-18(19)11-16-14-8-4-3-7-13(14)12-21-17-10-6-5-9-15(16)17/h3-11H,2,12H2,1H3. The lowest BCUT2D eigenvalue weighted by Crippen LogP contribution is -2.02. The van der Waals surface area contributed by atoms with Gasteiger partial charge in [-0.25, -0.2) is 4.79 Å². The maximum atomic E-state index is 11.9. The molecule has 0 amide bonds. The molecule has 3 rings (SSSR count). The fraction of sp³-hybridized carbons (Fsp3) is 0.167. The van der Waals surface area contributed by atoms with Gasteiger partial charge >= 0.3 is 5.97 Å². The quantitative estimate of drug-likeness (QED) is 0.611. The van der Waals surface area contributed by atoms with Crippen LogP contribution in [0.4, 0.5) is 0 Å². The van der Waals surface area contributed by atoms with Crippen LogP contribution in [0.15, 0.2) is 59.5 Å². The van der Waals surface area contributed by atoms with Gasteiger partial charge in [0.15, 0.2) is 0 Å². The number of hydrogen-bond donors (Lipinski definition) is 0. The van der Waals surface area contributed by atoms with Crippen molar-refractivity contribution in [2.45, 2.75) is 17.6 Å². The average molecular weight is 296 g/mol. The molecule has 0 bridgehead atoms. The molecule has 0 fully saturated rings. The Balaban J connectivity index is 2.18. The minimum absolute atomic E-state index is 0.288. The number of thioether (sulfide) groups is 1. The number of hydrogen-bond acceptors (Lipinski definition) is 3. The van der Waals surface area contributed by atoms with Crippen molar-refractivity contribution in [1.29, 1.82) is 0 Å². The second kappa shape index (κ2) is 6.19. The summed E-state index contributed by atoms with van der Waals surface area (Å²) in [6.07, 6.45) is 1.62. The lowest BCUT2D eigenvalue weighted by atomic mass is 9.94. The van der Waals surface area contributed by atoms with Gasteiger partial charge in [0.25, 0.3) is 0 Å². The normalized spacial score (nSPS) is 15.0. The zero-order valence-corrected chi connectivity index (χ0v) is 12.7. The fourth-order valence-corrected chi connectivity index (χ4v) is 3.55. The molecule has 2 aromatic carbocycles. The van der Waals surface area contributed by atoms with Crippen LogP contribution >= 0.6 is 11.8 Å². The number of esters is 1. The predicted molar refractivity (Wildman–Crippen MR) is 86.2 cm³/mol. The van der Waals surface area contributed by atoms with Gasteiger partial charge in [-0.15, -0.1) is 11.8 Å². The van der Waals surface area contributed by atoms with E-state index in [-0.39, 0.29) is 5.97 Å². The Kier molecular flexibility index (Phi) is 4.11. The molecule has 1 heterocycles. The van der Waals surface area contributed by atoms with Gasteiger partial charge < -0.3 is 4.74 Å². The van der Waals surface area contributed by atoms with Crippen LogP contribution in [0.3, 0.4) is 0 Å². The van der Waals surface area contributed by atoms with Gasteiger partial charge in [0.2, 0.25) is 0 Å². The first-order valence-electron chi connectivity index (χ1n) is 6.98. The third kappa shape index (κ3) is 2.88. The van der Waals surface area contributed by atoms with Crippen LogP contribution < -0.4 is 0 Å². The van der Waals surface area contributed by atoms with Gasteiger partial charge in [0.1, 0.15) is 0 Å². The highest BCUT2D eigenvalue weighted by Crippen LogP contribution is 2.39. The van der Waals surface area contributed by atoms with Crippen molar-refractivity contribution in [1.82, 2.24) is 0 Å². The van der Waals surface area contributed by atoms with Crippen LogP contribution in [-0.2, 0) is 15.3 Å². The minimum Gasteiger partial charge on any atom is -0.463 e. The van der Waals surface area contributed by atoms with E-state index in [2.05, 4.69) is 24.3 Å². The van der Waals surface area contributed by atoms with E-state index >= 15 is 0 Å². The van der Waals surface area contributed by atoms with Crippen LogP contribution in [0.25, 0.3) is 5.57 Å². The highest BCUT2D eigenvalue weighted by molar-refractivity contribution is 7.98. The molecule has 0 unspecified atom stereocenters. The molecular weight excluding hydrogens is 280 g/mol. The van der Waals surface area contributed by atoms with E-state index in [1.807, 2.05) is 31.2 Å². The maximum Gasteiger partial charge on any atom is 0.331 e. The molecule has 3 heteroatoms. The van der Waals surface area contributed by atoms with Crippen molar-refractivity contribution in [3.05, 3.63) is 71.3 Å². The molecule has 0 saturated carbocycles. The van der Waals surface area contributed by atoms with Crippen LogP contribution in [0.5, 0.6) is 0 Å². The van der Waals surface area contributed by atoms with Crippen molar-refractivity contribution >= 4 is 23.3 Å². The zero-order chi connectivity index (χ0) is 14.7. The van der Waals surface area contributed by atoms with Gasteiger partial charge in [0, 0.05) is 16.7 Å². The first-order valence-corrected chi connectivity index (χ1v) is 7.97. The summed E-state index contributed by atoms with van der Waals surface area (Å²) in [5.74, 6) is 0.622. The van der Waals surface area contributed by atoms with Crippen LogP contribution in [0.2, 0.25) is 0 Å². The van der Waals surface area contributed by atoms with E-state index < -0.39 is 0 Å². The topological polar surface area (TPSA) is 26.3 Å². The lowest BCUT2D eigenvalue weighted by molar-refractivity contribution is -0.137. The molecule has 21 heavy (non-hydrogen) atoms. The van der Waals surface area contributed by atoms with Crippen LogP contribution in [0, 0.1) is 0 Å². The molecule has 0 N–H and O–H groups in total. The summed E-state index contributed by atoms with van der Waals surface area (Å²) in [7, 11) is 0. The lowest BCUT2D eigenvalue weighted by Gasteiger charge is -2.10. The summed E-state index contributed by atoms with van der Waals surface area (Å²) in [6, 6.07) is 16.4. The summed E-state index contributed by atoms with van der Waals surface area (Å²) in [5.41, 5.74) is 4.41. The summed E-state index contributed by atoms with van der Waals surface area (Å²) in [5, 5.41) is 0. The third-order valence-electron chi connectivity index (χ3n) is 3.42. The molecule has 106 valence electrons. The highest BCUT2D eigenvalue weighted by Gasteiger charge is 2.19. The number of rotatable bonds is 2. The summed E-state index contributed by atoms with van der Waals surface area (Å²) >= 11 is 1.80. The third-order valence-corrected chi connectivity index (χ3v) is 4.54. The van der Waals surface area contributed by atoms with Gasteiger partial charge in [-0.2, -0.15) is 0 Å². The number of fused-ring (bicyclic) bond motifs is 2.